The second-order valence-electron chi connectivity index (χ2n) is 6.71. The van der Waals surface area contributed by atoms with Crippen molar-refractivity contribution in [3.8, 4) is 5.69 Å². The van der Waals surface area contributed by atoms with E-state index in [9.17, 15) is 4.79 Å². The number of nitrogens with zero attached hydrogens (tertiary/aromatic N) is 5. The molecule has 7 nitrogen and oxygen atoms in total. The van der Waals surface area contributed by atoms with Crippen LogP contribution < -0.4 is 0 Å². The van der Waals surface area contributed by atoms with E-state index >= 15 is 0 Å². The van der Waals surface area contributed by atoms with Gasteiger partial charge in [0.25, 0.3) is 5.91 Å². The van der Waals surface area contributed by atoms with Gasteiger partial charge in [0.1, 0.15) is 12.7 Å². The Morgan fingerprint density at radius 2 is 2.12 bits per heavy atom. The van der Waals surface area contributed by atoms with Crippen molar-refractivity contribution < 1.29 is 9.53 Å². The molecule has 0 radical (unpaired) electrons. The number of benzene rings is 1. The topological polar surface area (TPSA) is 63.5 Å². The molecule has 1 atom stereocenters. The second kappa shape index (κ2) is 7.33. The smallest absolute Gasteiger partial charge is 0.254 e. The fourth-order valence-electron chi connectivity index (χ4n) is 3.53. The van der Waals surface area contributed by atoms with Gasteiger partial charge in [-0.25, -0.2) is 9.67 Å². The van der Waals surface area contributed by atoms with Crippen molar-refractivity contribution in [2.24, 2.45) is 5.92 Å². The normalized spacial score (nSPS) is 21.6. The van der Waals surface area contributed by atoms with Crippen LogP contribution in [0.4, 0.5) is 0 Å². The lowest BCUT2D eigenvalue weighted by atomic mass is 10.1. The Morgan fingerprint density at radius 3 is 2.84 bits per heavy atom. The molecule has 25 heavy (non-hydrogen) atoms. The Balaban J connectivity index is 1.36. The number of hydrogen-bond donors (Lipinski definition) is 0. The molecule has 1 aromatic carbocycles. The van der Waals surface area contributed by atoms with Crippen LogP contribution in [0.3, 0.4) is 0 Å². The summed E-state index contributed by atoms with van der Waals surface area (Å²) in [6.07, 6.45) is 4.28. The van der Waals surface area contributed by atoms with E-state index in [1.807, 2.05) is 29.2 Å². The molecule has 2 saturated heterocycles. The fourth-order valence-corrected chi connectivity index (χ4v) is 3.53. The zero-order valence-electron chi connectivity index (χ0n) is 14.3. The van der Waals surface area contributed by atoms with E-state index < -0.39 is 0 Å². The first-order valence-electron chi connectivity index (χ1n) is 8.84. The highest BCUT2D eigenvalue weighted by Crippen LogP contribution is 2.17. The van der Waals surface area contributed by atoms with Gasteiger partial charge in [-0.15, -0.1) is 0 Å². The van der Waals surface area contributed by atoms with Gasteiger partial charge in [0.15, 0.2) is 0 Å². The monoisotopic (exact) mass is 341 g/mol. The third-order valence-corrected chi connectivity index (χ3v) is 4.98. The molecule has 7 heteroatoms. The summed E-state index contributed by atoms with van der Waals surface area (Å²) in [7, 11) is 0. The Morgan fingerprint density at radius 1 is 1.24 bits per heavy atom. The van der Waals surface area contributed by atoms with Crippen molar-refractivity contribution >= 4 is 5.91 Å². The zero-order chi connectivity index (χ0) is 17.1. The zero-order valence-corrected chi connectivity index (χ0v) is 14.3. The highest BCUT2D eigenvalue weighted by Gasteiger charge is 2.25. The van der Waals surface area contributed by atoms with Crippen LogP contribution in [0.1, 0.15) is 16.8 Å². The molecule has 0 aliphatic carbocycles. The van der Waals surface area contributed by atoms with Gasteiger partial charge in [-0.2, -0.15) is 5.10 Å². The van der Waals surface area contributed by atoms with E-state index in [0.717, 1.165) is 58.0 Å². The minimum absolute atomic E-state index is 0.0887. The van der Waals surface area contributed by atoms with Crippen molar-refractivity contribution in [3.05, 3.63) is 42.5 Å². The number of amides is 1. The van der Waals surface area contributed by atoms with Crippen LogP contribution in [0.25, 0.3) is 5.69 Å². The molecule has 1 amide bonds. The number of carbonyl (C=O) groups excluding carboxylic acids is 1. The van der Waals surface area contributed by atoms with Gasteiger partial charge < -0.3 is 9.64 Å². The molecule has 4 rings (SSSR count). The maximum atomic E-state index is 12.8. The summed E-state index contributed by atoms with van der Waals surface area (Å²) in [6, 6.07) is 7.55. The summed E-state index contributed by atoms with van der Waals surface area (Å²) in [5.41, 5.74) is 1.55. The molecule has 0 bridgehead atoms. The molecule has 1 aromatic heterocycles. The summed E-state index contributed by atoms with van der Waals surface area (Å²) in [4.78, 5) is 21.2. The van der Waals surface area contributed by atoms with Crippen molar-refractivity contribution in [1.29, 1.82) is 0 Å². The van der Waals surface area contributed by atoms with E-state index in [1.54, 1.807) is 11.0 Å². The van der Waals surface area contributed by atoms with Crippen molar-refractivity contribution in [2.45, 2.75) is 6.42 Å². The Hall–Kier alpha value is -2.25. The van der Waals surface area contributed by atoms with Gasteiger partial charge in [-0.3, -0.25) is 9.69 Å². The molecule has 2 aliphatic heterocycles. The van der Waals surface area contributed by atoms with Gasteiger partial charge in [-0.05, 0) is 30.5 Å². The molecule has 2 aromatic rings. The number of hydrogen-bond acceptors (Lipinski definition) is 5. The summed E-state index contributed by atoms with van der Waals surface area (Å²) in [6.45, 7) is 6.29. The summed E-state index contributed by atoms with van der Waals surface area (Å²) in [5, 5.41) is 4.12. The SMILES string of the molecule is O=C(c1cccc(-n2cncn2)c1)N1CCN(CC2CCOC2)CC1. The lowest BCUT2D eigenvalue weighted by Gasteiger charge is -2.35. The predicted molar refractivity (Wildman–Crippen MR) is 92.6 cm³/mol. The molecule has 0 spiro atoms. The average molecular weight is 341 g/mol. The third-order valence-electron chi connectivity index (χ3n) is 4.98. The minimum Gasteiger partial charge on any atom is -0.381 e. The summed E-state index contributed by atoms with van der Waals surface area (Å²) in [5.74, 6) is 0.743. The van der Waals surface area contributed by atoms with Crippen LogP contribution in [-0.4, -0.2) is 76.4 Å². The second-order valence-corrected chi connectivity index (χ2v) is 6.71. The first-order valence-corrected chi connectivity index (χ1v) is 8.84. The Labute approximate surface area is 147 Å². The molecule has 132 valence electrons. The van der Waals surface area contributed by atoms with Gasteiger partial charge in [-0.1, -0.05) is 6.07 Å². The molecular formula is C18H23N5O2. The first-order chi connectivity index (χ1) is 12.3. The van der Waals surface area contributed by atoms with Crippen molar-refractivity contribution in [2.75, 3.05) is 45.9 Å². The Bertz CT molecular complexity index is 704. The van der Waals surface area contributed by atoms with Crippen molar-refractivity contribution in [3.63, 3.8) is 0 Å². The standard InChI is InChI=1S/C18H23N5O2/c24-18(16-2-1-3-17(10-16)23-14-19-13-20-23)22-7-5-21(6-8-22)11-15-4-9-25-12-15/h1-3,10,13-15H,4-9,11-12H2. The lowest BCUT2D eigenvalue weighted by Crippen LogP contribution is -2.49. The number of ether oxygens (including phenoxy) is 1. The van der Waals surface area contributed by atoms with E-state index in [1.165, 1.54) is 6.33 Å². The molecule has 0 saturated carbocycles. The lowest BCUT2D eigenvalue weighted by molar-refractivity contribution is 0.0611. The van der Waals surface area contributed by atoms with Gasteiger partial charge in [0, 0.05) is 44.9 Å². The van der Waals surface area contributed by atoms with E-state index in [0.29, 0.717) is 11.5 Å². The van der Waals surface area contributed by atoms with Crippen LogP contribution in [-0.2, 0) is 4.74 Å². The molecular weight excluding hydrogens is 318 g/mol. The quantitative estimate of drug-likeness (QED) is 0.832. The van der Waals surface area contributed by atoms with Crippen LogP contribution in [0.5, 0.6) is 0 Å². The van der Waals surface area contributed by atoms with E-state index in [2.05, 4.69) is 15.0 Å². The van der Waals surface area contributed by atoms with Crippen LogP contribution in [0.15, 0.2) is 36.9 Å². The van der Waals surface area contributed by atoms with Crippen molar-refractivity contribution in [1.82, 2.24) is 24.6 Å². The largest absolute Gasteiger partial charge is 0.381 e. The molecule has 0 N–H and O–H groups in total. The average Bonchev–Trinajstić information content (AvgIpc) is 3.36. The highest BCUT2D eigenvalue weighted by molar-refractivity contribution is 5.94. The van der Waals surface area contributed by atoms with Gasteiger partial charge >= 0.3 is 0 Å². The maximum absolute atomic E-state index is 12.8. The number of rotatable bonds is 4. The molecule has 2 fully saturated rings. The van der Waals surface area contributed by atoms with E-state index in [-0.39, 0.29) is 5.91 Å². The fraction of sp³-hybridized carbons (Fsp3) is 0.500. The first kappa shape index (κ1) is 16.2. The molecule has 3 heterocycles. The summed E-state index contributed by atoms with van der Waals surface area (Å²) >= 11 is 0. The minimum atomic E-state index is 0.0887. The Kier molecular flexibility index (Phi) is 4.76. The van der Waals surface area contributed by atoms with Crippen LogP contribution in [0.2, 0.25) is 0 Å². The predicted octanol–water partition coefficient (Wildman–Crippen LogP) is 1.06. The van der Waals surface area contributed by atoms with Gasteiger partial charge in [0.05, 0.1) is 12.3 Å². The molecule has 2 aliphatic rings. The summed E-state index contributed by atoms with van der Waals surface area (Å²) < 4.78 is 7.12. The van der Waals surface area contributed by atoms with Crippen LogP contribution in [0, 0.1) is 5.92 Å². The van der Waals surface area contributed by atoms with E-state index in [4.69, 9.17) is 4.74 Å². The third kappa shape index (κ3) is 3.72. The number of aromatic nitrogens is 3. The highest BCUT2D eigenvalue weighted by atomic mass is 16.5. The number of piperazine rings is 1. The number of carbonyl (C=O) groups is 1. The van der Waals surface area contributed by atoms with Crippen LogP contribution >= 0.6 is 0 Å². The van der Waals surface area contributed by atoms with Gasteiger partial charge in [0.2, 0.25) is 0 Å². The molecule has 1 unspecified atom stereocenters. The maximum Gasteiger partial charge on any atom is 0.254 e.